The van der Waals surface area contributed by atoms with Gasteiger partial charge in [-0.2, -0.15) is 0 Å². The van der Waals surface area contributed by atoms with Crippen LogP contribution in [-0.4, -0.2) is 48.9 Å². The molecule has 0 atom stereocenters. The maximum absolute atomic E-state index is 13.4. The fourth-order valence-corrected chi connectivity index (χ4v) is 1.80. The van der Waals surface area contributed by atoms with Crippen LogP contribution >= 0.6 is 0 Å². The zero-order valence-electron chi connectivity index (χ0n) is 13.5. The first-order chi connectivity index (χ1) is 11.9. The monoisotopic (exact) mass is 352 g/mol. The average Bonchev–Trinajstić information content (AvgIpc) is 2.57. The van der Waals surface area contributed by atoms with Crippen molar-refractivity contribution in [2.24, 2.45) is 0 Å². The van der Waals surface area contributed by atoms with Crippen molar-refractivity contribution in [3.63, 3.8) is 0 Å². The third-order valence-electron chi connectivity index (χ3n) is 2.98. The number of hydrogen-bond acceptors (Lipinski definition) is 4. The van der Waals surface area contributed by atoms with Crippen LogP contribution in [0.25, 0.3) is 0 Å². The molecule has 25 heavy (non-hydrogen) atoms. The van der Waals surface area contributed by atoms with Crippen molar-refractivity contribution in [1.82, 2.24) is 10.2 Å². The van der Waals surface area contributed by atoms with Crippen LogP contribution in [0.4, 0.5) is 8.78 Å². The minimum atomic E-state index is -1.05. The van der Waals surface area contributed by atoms with Crippen molar-refractivity contribution in [2.45, 2.75) is 0 Å². The number of nitrogens with zero attached hydrogens (tertiary/aromatic N) is 1. The topological polar surface area (TPSA) is 75.7 Å². The molecule has 0 aliphatic rings. The molecule has 1 rings (SSSR count). The highest BCUT2D eigenvalue weighted by atomic mass is 19.1. The first-order valence-corrected chi connectivity index (χ1v) is 7.27. The van der Waals surface area contributed by atoms with E-state index in [1.807, 2.05) is 0 Å². The molecule has 0 spiro atoms. The SMILES string of the molecule is C=CCN(CC=C)C(=O)COC(=O)CNC(=O)c1ccc(F)cc1F. The van der Waals surface area contributed by atoms with Gasteiger partial charge in [0, 0.05) is 19.2 Å². The minimum absolute atomic E-state index is 0.267. The molecule has 8 heteroatoms. The molecule has 0 heterocycles. The van der Waals surface area contributed by atoms with Crippen LogP contribution in [0.5, 0.6) is 0 Å². The maximum atomic E-state index is 13.4. The highest BCUT2D eigenvalue weighted by Gasteiger charge is 2.16. The predicted molar refractivity (Wildman–Crippen MR) is 86.6 cm³/mol. The van der Waals surface area contributed by atoms with Crippen LogP contribution in [-0.2, 0) is 14.3 Å². The smallest absolute Gasteiger partial charge is 0.325 e. The summed E-state index contributed by atoms with van der Waals surface area (Å²) < 4.78 is 31.0. The number of benzene rings is 1. The van der Waals surface area contributed by atoms with Gasteiger partial charge in [0.05, 0.1) is 5.56 Å². The molecule has 0 radical (unpaired) electrons. The van der Waals surface area contributed by atoms with Gasteiger partial charge in [-0.3, -0.25) is 14.4 Å². The summed E-state index contributed by atoms with van der Waals surface area (Å²) in [5.74, 6) is -4.10. The van der Waals surface area contributed by atoms with Crippen LogP contribution in [0.15, 0.2) is 43.5 Å². The number of halogens is 2. The number of hydrogen-bond donors (Lipinski definition) is 1. The van der Waals surface area contributed by atoms with Crippen molar-refractivity contribution < 1.29 is 27.9 Å². The van der Waals surface area contributed by atoms with Gasteiger partial charge in [-0.15, -0.1) is 13.2 Å². The van der Waals surface area contributed by atoms with Crippen molar-refractivity contribution in [1.29, 1.82) is 0 Å². The molecule has 0 aliphatic carbocycles. The van der Waals surface area contributed by atoms with Gasteiger partial charge < -0.3 is 15.0 Å². The number of rotatable bonds is 9. The summed E-state index contributed by atoms with van der Waals surface area (Å²) in [5.41, 5.74) is -0.409. The van der Waals surface area contributed by atoms with E-state index in [-0.39, 0.29) is 13.1 Å². The number of ether oxygens (including phenoxy) is 1. The average molecular weight is 352 g/mol. The molecule has 0 aliphatic heterocycles. The molecule has 1 aromatic rings. The van der Waals surface area contributed by atoms with Gasteiger partial charge in [-0.25, -0.2) is 8.78 Å². The molecule has 0 bridgehead atoms. The Labute approximate surface area is 143 Å². The van der Waals surface area contributed by atoms with E-state index in [9.17, 15) is 23.2 Å². The maximum Gasteiger partial charge on any atom is 0.325 e. The number of esters is 1. The van der Waals surface area contributed by atoms with Crippen LogP contribution in [0.3, 0.4) is 0 Å². The lowest BCUT2D eigenvalue weighted by atomic mass is 10.2. The lowest BCUT2D eigenvalue weighted by molar-refractivity contribution is -0.150. The van der Waals surface area contributed by atoms with Crippen LogP contribution in [0.2, 0.25) is 0 Å². The zero-order chi connectivity index (χ0) is 18.8. The summed E-state index contributed by atoms with van der Waals surface area (Å²) in [7, 11) is 0. The molecule has 1 aromatic carbocycles. The first kappa shape index (κ1) is 20.0. The van der Waals surface area contributed by atoms with Gasteiger partial charge in [0.1, 0.15) is 18.2 Å². The second-order valence-electron chi connectivity index (χ2n) is 4.84. The molecule has 1 N–H and O–H groups in total. The summed E-state index contributed by atoms with van der Waals surface area (Å²) in [6.45, 7) is 6.48. The normalized spacial score (nSPS) is 9.84. The number of amides is 2. The number of carbonyl (C=O) groups is 3. The van der Waals surface area contributed by atoms with Crippen molar-refractivity contribution >= 4 is 17.8 Å². The molecular weight excluding hydrogens is 334 g/mol. The molecule has 0 saturated heterocycles. The summed E-state index contributed by atoms with van der Waals surface area (Å²) in [4.78, 5) is 36.5. The molecule has 6 nitrogen and oxygen atoms in total. The Morgan fingerprint density at radius 3 is 2.36 bits per heavy atom. The fourth-order valence-electron chi connectivity index (χ4n) is 1.80. The zero-order valence-corrected chi connectivity index (χ0v) is 13.5. The van der Waals surface area contributed by atoms with E-state index in [0.717, 1.165) is 12.1 Å². The Morgan fingerprint density at radius 1 is 1.16 bits per heavy atom. The number of carbonyl (C=O) groups excluding carboxylic acids is 3. The van der Waals surface area contributed by atoms with E-state index >= 15 is 0 Å². The van der Waals surface area contributed by atoms with Gasteiger partial charge in [0.2, 0.25) is 0 Å². The summed E-state index contributed by atoms with van der Waals surface area (Å²) in [6, 6.07) is 2.43. The van der Waals surface area contributed by atoms with E-state index in [1.165, 1.54) is 17.1 Å². The first-order valence-electron chi connectivity index (χ1n) is 7.27. The third-order valence-corrected chi connectivity index (χ3v) is 2.98. The fraction of sp³-hybridized carbons (Fsp3) is 0.235. The molecule has 0 aromatic heterocycles. The Morgan fingerprint density at radius 2 is 1.80 bits per heavy atom. The lowest BCUT2D eigenvalue weighted by Gasteiger charge is -2.18. The molecule has 0 unspecified atom stereocenters. The van der Waals surface area contributed by atoms with E-state index in [4.69, 9.17) is 4.74 Å². The summed E-state index contributed by atoms with van der Waals surface area (Å²) >= 11 is 0. The van der Waals surface area contributed by atoms with E-state index in [2.05, 4.69) is 18.5 Å². The van der Waals surface area contributed by atoms with Crippen molar-refractivity contribution in [3.8, 4) is 0 Å². The second-order valence-corrected chi connectivity index (χ2v) is 4.84. The van der Waals surface area contributed by atoms with E-state index in [0.29, 0.717) is 6.07 Å². The Kier molecular flexibility index (Phi) is 7.98. The largest absolute Gasteiger partial charge is 0.454 e. The van der Waals surface area contributed by atoms with Crippen LogP contribution < -0.4 is 5.32 Å². The van der Waals surface area contributed by atoms with Gasteiger partial charge in [0.15, 0.2) is 6.61 Å². The quantitative estimate of drug-likeness (QED) is 0.539. The van der Waals surface area contributed by atoms with Gasteiger partial charge in [-0.05, 0) is 12.1 Å². The summed E-state index contributed by atoms with van der Waals surface area (Å²) in [5, 5.41) is 2.13. The standard InChI is InChI=1S/C17H18F2N2O4/c1-3-7-21(8-4-2)15(22)11-25-16(23)10-20-17(24)13-6-5-12(18)9-14(13)19/h3-6,9H,1-2,7-8,10-11H2,(H,20,24). The van der Waals surface area contributed by atoms with E-state index in [1.54, 1.807) is 0 Å². The number of nitrogens with one attached hydrogen (secondary N) is 1. The van der Waals surface area contributed by atoms with Crippen molar-refractivity contribution in [3.05, 3.63) is 60.7 Å². The Balaban J connectivity index is 2.46. The molecule has 2 amide bonds. The van der Waals surface area contributed by atoms with Gasteiger partial charge in [0.25, 0.3) is 11.8 Å². The molecule has 134 valence electrons. The van der Waals surface area contributed by atoms with Crippen LogP contribution in [0.1, 0.15) is 10.4 Å². The lowest BCUT2D eigenvalue weighted by Crippen LogP contribution is -2.37. The minimum Gasteiger partial charge on any atom is -0.454 e. The molecule has 0 fully saturated rings. The second kappa shape index (κ2) is 9.96. The van der Waals surface area contributed by atoms with Crippen molar-refractivity contribution in [2.75, 3.05) is 26.2 Å². The Hall–Kier alpha value is -3.03. The molecular formula is C17H18F2N2O4. The molecule has 0 saturated carbocycles. The highest BCUT2D eigenvalue weighted by Crippen LogP contribution is 2.09. The van der Waals surface area contributed by atoms with Gasteiger partial charge in [-0.1, -0.05) is 12.2 Å². The highest BCUT2D eigenvalue weighted by molar-refractivity contribution is 5.96. The summed E-state index contributed by atoms with van der Waals surface area (Å²) in [6.07, 6.45) is 3.03. The predicted octanol–water partition coefficient (Wildman–Crippen LogP) is 1.44. The van der Waals surface area contributed by atoms with Crippen LogP contribution in [0, 0.1) is 11.6 Å². The van der Waals surface area contributed by atoms with E-state index < -0.39 is 48.1 Å². The Bertz CT molecular complexity index is 667. The van der Waals surface area contributed by atoms with Gasteiger partial charge >= 0.3 is 5.97 Å². The third kappa shape index (κ3) is 6.54.